The molecule has 0 spiro atoms. The molecule has 1 aromatic heterocycles. The Morgan fingerprint density at radius 2 is 2.50 bits per heavy atom. The molecular formula is C7H10BNO. The quantitative estimate of drug-likeness (QED) is 0.521. The van der Waals surface area contributed by atoms with Crippen LogP contribution in [0.5, 0.6) is 5.75 Å². The Labute approximate surface area is 61.6 Å². The van der Waals surface area contributed by atoms with Gasteiger partial charge < -0.3 is 4.74 Å². The maximum absolute atomic E-state index is 5.27. The molecule has 1 heterocycles. The Balaban J connectivity index is 2.81. The average molecular weight is 135 g/mol. The number of pyridine rings is 1. The Morgan fingerprint density at radius 1 is 1.70 bits per heavy atom. The van der Waals surface area contributed by atoms with Gasteiger partial charge in [-0.1, -0.05) is 0 Å². The Morgan fingerprint density at radius 3 is 3.10 bits per heavy atom. The van der Waals surface area contributed by atoms with Gasteiger partial charge in [0.1, 0.15) is 5.75 Å². The molecular weight excluding hydrogens is 125 g/mol. The zero-order chi connectivity index (χ0) is 7.40. The van der Waals surface area contributed by atoms with Crippen LogP contribution in [0.15, 0.2) is 18.3 Å². The molecule has 2 nitrogen and oxygen atoms in total. The molecule has 1 aromatic rings. The molecule has 0 aliphatic heterocycles. The van der Waals surface area contributed by atoms with Crippen molar-refractivity contribution < 1.29 is 4.74 Å². The molecule has 0 fully saturated rings. The van der Waals surface area contributed by atoms with E-state index < -0.39 is 0 Å². The van der Waals surface area contributed by atoms with Gasteiger partial charge in [-0.2, -0.15) is 0 Å². The molecule has 0 N–H and O–H groups in total. The summed E-state index contributed by atoms with van der Waals surface area (Å²) in [4.78, 5) is 4.07. The fourth-order valence-electron chi connectivity index (χ4n) is 0.778. The van der Waals surface area contributed by atoms with Crippen molar-refractivity contribution in [2.45, 2.75) is 6.92 Å². The number of hydrogen-bond donors (Lipinski definition) is 0. The van der Waals surface area contributed by atoms with Crippen molar-refractivity contribution in [2.75, 3.05) is 6.61 Å². The molecule has 0 unspecified atom stereocenters. The molecule has 0 bridgehead atoms. The number of nitrogens with zero attached hydrogens (tertiary/aromatic N) is 1. The molecule has 0 aliphatic rings. The van der Waals surface area contributed by atoms with Crippen LogP contribution in [0.2, 0.25) is 0 Å². The molecule has 0 amide bonds. The van der Waals surface area contributed by atoms with E-state index in [-0.39, 0.29) is 0 Å². The van der Waals surface area contributed by atoms with Gasteiger partial charge in [-0.05, 0) is 19.1 Å². The second-order valence-corrected chi connectivity index (χ2v) is 2.02. The third kappa shape index (κ3) is 1.50. The van der Waals surface area contributed by atoms with Crippen molar-refractivity contribution in [1.29, 1.82) is 0 Å². The van der Waals surface area contributed by atoms with Gasteiger partial charge in [-0.3, -0.25) is 4.98 Å². The predicted molar refractivity (Wildman–Crippen MR) is 43.6 cm³/mol. The van der Waals surface area contributed by atoms with Gasteiger partial charge in [-0.15, -0.1) is 0 Å². The maximum Gasteiger partial charge on any atom is 0.168 e. The minimum absolute atomic E-state index is 0.701. The molecule has 0 aliphatic carbocycles. The highest BCUT2D eigenvalue weighted by atomic mass is 16.5. The van der Waals surface area contributed by atoms with E-state index in [1.807, 2.05) is 26.9 Å². The molecule has 0 saturated carbocycles. The zero-order valence-electron chi connectivity index (χ0n) is 6.29. The molecule has 3 heteroatoms. The van der Waals surface area contributed by atoms with Crippen LogP contribution in [0.25, 0.3) is 0 Å². The van der Waals surface area contributed by atoms with E-state index in [4.69, 9.17) is 4.74 Å². The third-order valence-corrected chi connectivity index (χ3v) is 1.26. The molecule has 0 saturated heterocycles. The summed E-state index contributed by atoms with van der Waals surface area (Å²) in [5, 5.41) is 0. The van der Waals surface area contributed by atoms with Gasteiger partial charge in [-0.25, -0.2) is 0 Å². The highest BCUT2D eigenvalue weighted by Crippen LogP contribution is 2.01. The summed E-state index contributed by atoms with van der Waals surface area (Å²) in [5.74, 6) is 0.880. The summed E-state index contributed by atoms with van der Waals surface area (Å²) in [6.45, 7) is 2.67. The van der Waals surface area contributed by atoms with Gasteiger partial charge in [0.25, 0.3) is 0 Å². The summed E-state index contributed by atoms with van der Waals surface area (Å²) in [7, 11) is 1.94. The fraction of sp³-hybridized carbons (Fsp3) is 0.286. The smallest absolute Gasteiger partial charge is 0.168 e. The fourth-order valence-corrected chi connectivity index (χ4v) is 0.778. The Kier molecular flexibility index (Phi) is 2.32. The minimum atomic E-state index is 0.701. The largest absolute Gasteiger partial charge is 0.493 e. The van der Waals surface area contributed by atoms with Crippen molar-refractivity contribution in [3.63, 3.8) is 0 Å². The van der Waals surface area contributed by atoms with Gasteiger partial charge in [0.15, 0.2) is 7.85 Å². The van der Waals surface area contributed by atoms with Gasteiger partial charge in [0.05, 0.1) is 6.61 Å². The van der Waals surface area contributed by atoms with Crippen molar-refractivity contribution >= 4 is 13.4 Å². The van der Waals surface area contributed by atoms with E-state index in [2.05, 4.69) is 4.98 Å². The second-order valence-electron chi connectivity index (χ2n) is 2.02. The first kappa shape index (κ1) is 7.13. The third-order valence-electron chi connectivity index (χ3n) is 1.26. The first-order valence-electron chi connectivity index (χ1n) is 3.39. The van der Waals surface area contributed by atoms with Crippen molar-refractivity contribution in [2.24, 2.45) is 0 Å². The average Bonchev–Trinajstić information content (AvgIpc) is 1.94. The first-order valence-corrected chi connectivity index (χ1v) is 3.39. The van der Waals surface area contributed by atoms with Crippen LogP contribution in [0, 0.1) is 0 Å². The summed E-state index contributed by atoms with van der Waals surface area (Å²) in [6.07, 6.45) is 1.76. The number of hydrogen-bond acceptors (Lipinski definition) is 2. The lowest BCUT2D eigenvalue weighted by molar-refractivity contribution is 0.342. The van der Waals surface area contributed by atoms with Crippen molar-refractivity contribution in [1.82, 2.24) is 4.98 Å². The monoisotopic (exact) mass is 135 g/mol. The Hall–Kier alpha value is -0.985. The lowest BCUT2D eigenvalue weighted by atomic mass is 10.0. The van der Waals surface area contributed by atoms with Crippen LogP contribution in [0.4, 0.5) is 0 Å². The predicted octanol–water partition coefficient (Wildman–Crippen LogP) is -0.261. The highest BCUT2D eigenvalue weighted by molar-refractivity contribution is 6.32. The van der Waals surface area contributed by atoms with E-state index in [1.165, 1.54) is 0 Å². The summed E-state index contributed by atoms with van der Waals surface area (Å²) in [6, 6.07) is 3.80. The summed E-state index contributed by atoms with van der Waals surface area (Å²) < 4.78 is 5.27. The van der Waals surface area contributed by atoms with Crippen LogP contribution in [0.1, 0.15) is 6.92 Å². The van der Waals surface area contributed by atoms with E-state index in [1.54, 1.807) is 6.20 Å². The second kappa shape index (κ2) is 3.25. The van der Waals surface area contributed by atoms with E-state index in [0.717, 1.165) is 11.3 Å². The summed E-state index contributed by atoms with van der Waals surface area (Å²) >= 11 is 0. The van der Waals surface area contributed by atoms with Crippen LogP contribution in [0.3, 0.4) is 0 Å². The number of ether oxygens (including phenoxy) is 1. The van der Waals surface area contributed by atoms with Crippen molar-refractivity contribution in [3.05, 3.63) is 18.3 Å². The SMILES string of the molecule is Bc1ncccc1OCC. The molecule has 0 aromatic carbocycles. The van der Waals surface area contributed by atoms with Gasteiger partial charge in [0, 0.05) is 11.8 Å². The lowest BCUT2D eigenvalue weighted by Crippen LogP contribution is -2.12. The van der Waals surface area contributed by atoms with E-state index in [9.17, 15) is 0 Å². The molecule has 0 radical (unpaired) electrons. The number of aromatic nitrogens is 1. The lowest BCUT2D eigenvalue weighted by Gasteiger charge is -2.03. The van der Waals surface area contributed by atoms with Gasteiger partial charge in [0.2, 0.25) is 0 Å². The van der Waals surface area contributed by atoms with Crippen LogP contribution < -0.4 is 10.3 Å². The molecule has 1 rings (SSSR count). The molecule has 52 valence electrons. The topological polar surface area (TPSA) is 22.1 Å². The minimum Gasteiger partial charge on any atom is -0.493 e. The standard InChI is InChI=1S/C7H10BNO/c1-2-10-6-4-3-5-9-7(6)8/h3-5H,2,8H2,1H3. The van der Waals surface area contributed by atoms with Crippen LogP contribution in [-0.4, -0.2) is 19.4 Å². The normalized spacial score (nSPS) is 9.30. The molecule has 0 atom stereocenters. The maximum atomic E-state index is 5.27. The van der Waals surface area contributed by atoms with E-state index >= 15 is 0 Å². The number of rotatable bonds is 2. The van der Waals surface area contributed by atoms with E-state index in [0.29, 0.717) is 6.61 Å². The first-order chi connectivity index (χ1) is 4.84. The molecule has 10 heavy (non-hydrogen) atoms. The zero-order valence-corrected chi connectivity index (χ0v) is 6.29. The van der Waals surface area contributed by atoms with Crippen molar-refractivity contribution in [3.8, 4) is 5.75 Å². The van der Waals surface area contributed by atoms with Crippen LogP contribution >= 0.6 is 0 Å². The van der Waals surface area contributed by atoms with Gasteiger partial charge >= 0.3 is 0 Å². The summed E-state index contributed by atoms with van der Waals surface area (Å²) in [5.41, 5.74) is 0.948. The van der Waals surface area contributed by atoms with Crippen LogP contribution in [-0.2, 0) is 0 Å². The Bertz CT molecular complexity index is 215. The highest BCUT2D eigenvalue weighted by Gasteiger charge is 1.94.